The largest absolute Gasteiger partial charge is 0.471 e. The van der Waals surface area contributed by atoms with Crippen LogP contribution in [0.3, 0.4) is 0 Å². The summed E-state index contributed by atoms with van der Waals surface area (Å²) in [6, 6.07) is 15.6. The molecule has 5 nitrogen and oxygen atoms in total. The highest BCUT2D eigenvalue weighted by Crippen LogP contribution is 2.47. The molecule has 0 radical (unpaired) electrons. The van der Waals surface area contributed by atoms with E-state index < -0.39 is 11.7 Å². The van der Waals surface area contributed by atoms with Crippen molar-refractivity contribution in [3.05, 3.63) is 71.3 Å². The van der Waals surface area contributed by atoms with Crippen LogP contribution < -0.4 is 5.32 Å². The van der Waals surface area contributed by atoms with Crippen molar-refractivity contribution in [1.29, 1.82) is 0 Å². The Kier molecular flexibility index (Phi) is 7.50. The molecule has 4 fully saturated rings. The number of carbonyl (C=O) groups excluding carboxylic acids is 2. The number of hydrogen-bond donors (Lipinski definition) is 1. The number of ether oxygens (including phenoxy) is 1. The van der Waals surface area contributed by atoms with E-state index in [-0.39, 0.29) is 17.5 Å². The zero-order valence-electron chi connectivity index (χ0n) is 19.8. The number of rotatable bonds is 6. The molecule has 2 heterocycles. The Balaban J connectivity index is 0.000000672. The summed E-state index contributed by atoms with van der Waals surface area (Å²) < 4.78 is 42.6. The summed E-state index contributed by atoms with van der Waals surface area (Å²) in [6.45, 7) is 0.885. The second-order valence-corrected chi connectivity index (χ2v) is 9.65. The van der Waals surface area contributed by atoms with E-state index in [1.165, 1.54) is 7.11 Å². The minimum Gasteiger partial charge on any atom is -0.471 e. The highest BCUT2D eigenvalue weighted by atomic mass is 19.4. The van der Waals surface area contributed by atoms with Crippen LogP contribution in [0.25, 0.3) is 0 Å². The van der Waals surface area contributed by atoms with Crippen molar-refractivity contribution in [2.45, 2.75) is 68.9 Å². The number of fused-ring (bicyclic) bond motifs is 3. The Bertz CT molecular complexity index is 999. The number of amides is 1. The molecule has 35 heavy (non-hydrogen) atoms. The molecule has 188 valence electrons. The molecule has 2 aliphatic heterocycles. The predicted octanol–water partition coefficient (Wildman–Crippen LogP) is 5.04. The van der Waals surface area contributed by atoms with Crippen LogP contribution in [0.2, 0.25) is 0 Å². The minimum absolute atomic E-state index is 0.0719. The molecule has 1 unspecified atom stereocenters. The molecule has 2 aromatic rings. The van der Waals surface area contributed by atoms with Gasteiger partial charge >= 0.3 is 6.18 Å². The van der Waals surface area contributed by atoms with Gasteiger partial charge in [-0.05, 0) is 67.7 Å². The number of halogens is 3. The lowest BCUT2D eigenvalue weighted by Gasteiger charge is -2.51. The maximum Gasteiger partial charge on any atom is 0.416 e. The normalized spacial score (nSPS) is 24.6. The third-order valence-electron chi connectivity index (χ3n) is 7.46. The van der Waals surface area contributed by atoms with Crippen molar-refractivity contribution < 1.29 is 27.5 Å². The number of nitrogens with zero attached hydrogens (tertiary/aromatic N) is 1. The lowest BCUT2D eigenvalue weighted by Crippen LogP contribution is -2.61. The molecule has 1 N–H and O–H groups in total. The second kappa shape index (κ2) is 10.4. The SMILES string of the molecule is COC=O.O=C(NC1(c2ccccc2)CC1)C1C2CCC(CC2)N1Cc1ccc(C(F)(F)F)cc1. The molecular weight excluding hydrogens is 457 g/mol. The highest BCUT2D eigenvalue weighted by Gasteiger charge is 2.50. The number of benzene rings is 2. The number of methoxy groups -OCH3 is 1. The molecule has 2 saturated heterocycles. The molecule has 4 aliphatic rings. The van der Waals surface area contributed by atoms with E-state index in [0.29, 0.717) is 25.0 Å². The fraction of sp³-hybridized carbons (Fsp3) is 0.481. The number of alkyl halides is 3. The predicted molar refractivity (Wildman–Crippen MR) is 125 cm³/mol. The van der Waals surface area contributed by atoms with Gasteiger partial charge in [-0.15, -0.1) is 0 Å². The van der Waals surface area contributed by atoms with E-state index in [4.69, 9.17) is 4.79 Å². The van der Waals surface area contributed by atoms with Crippen molar-refractivity contribution in [1.82, 2.24) is 10.2 Å². The van der Waals surface area contributed by atoms with E-state index in [1.807, 2.05) is 18.2 Å². The van der Waals surface area contributed by atoms with Crippen molar-refractivity contribution in [2.24, 2.45) is 5.92 Å². The molecule has 2 saturated carbocycles. The zero-order valence-corrected chi connectivity index (χ0v) is 19.8. The van der Waals surface area contributed by atoms with Crippen molar-refractivity contribution in [2.75, 3.05) is 7.11 Å². The molecule has 2 aromatic carbocycles. The fourth-order valence-electron chi connectivity index (χ4n) is 5.53. The third-order valence-corrected chi connectivity index (χ3v) is 7.46. The third kappa shape index (κ3) is 5.69. The standard InChI is InChI=1S/C25H27F3N2O.C2H4O2/c26-25(27,28)20-10-6-17(7-11-20)16-30-21-12-8-18(9-13-21)22(30)23(31)29-24(14-15-24)19-4-2-1-3-5-19;1-4-2-3/h1-7,10-11,18,21-22H,8-9,12-16H2,(H,29,31);2H,1H3. The Morgan fingerprint density at radius 3 is 2.17 bits per heavy atom. The summed E-state index contributed by atoms with van der Waals surface area (Å²) in [7, 11) is 1.31. The van der Waals surface area contributed by atoms with Crippen molar-refractivity contribution >= 4 is 12.4 Å². The van der Waals surface area contributed by atoms with Crippen LogP contribution in [0.15, 0.2) is 54.6 Å². The topological polar surface area (TPSA) is 58.6 Å². The van der Waals surface area contributed by atoms with E-state index >= 15 is 0 Å². The highest BCUT2D eigenvalue weighted by molar-refractivity contribution is 5.84. The summed E-state index contributed by atoms with van der Waals surface area (Å²) in [4.78, 5) is 24.7. The van der Waals surface area contributed by atoms with Gasteiger partial charge in [0.05, 0.1) is 24.3 Å². The average molecular weight is 489 g/mol. The van der Waals surface area contributed by atoms with Gasteiger partial charge in [0.1, 0.15) is 0 Å². The maximum atomic E-state index is 13.5. The quantitative estimate of drug-likeness (QED) is 0.579. The Morgan fingerprint density at radius 2 is 1.66 bits per heavy atom. The van der Waals surface area contributed by atoms with Gasteiger partial charge in [0.2, 0.25) is 5.91 Å². The Morgan fingerprint density at radius 1 is 1.06 bits per heavy atom. The van der Waals surface area contributed by atoms with Crippen molar-refractivity contribution in [3.63, 3.8) is 0 Å². The van der Waals surface area contributed by atoms with E-state index in [2.05, 4.69) is 27.1 Å². The Labute approximate surface area is 203 Å². The number of carbonyl (C=O) groups is 2. The fourth-order valence-corrected chi connectivity index (χ4v) is 5.53. The van der Waals surface area contributed by atoms with Crippen LogP contribution in [-0.4, -0.2) is 36.5 Å². The monoisotopic (exact) mass is 488 g/mol. The molecule has 1 atom stereocenters. The summed E-state index contributed by atoms with van der Waals surface area (Å²) in [6.07, 6.45) is 1.76. The molecule has 6 rings (SSSR count). The van der Waals surface area contributed by atoms with Crippen LogP contribution in [0.5, 0.6) is 0 Å². The lowest BCUT2D eigenvalue weighted by molar-refractivity contribution is -0.137. The van der Waals surface area contributed by atoms with E-state index in [9.17, 15) is 18.0 Å². The molecule has 0 aromatic heterocycles. The molecule has 0 spiro atoms. The van der Waals surface area contributed by atoms with E-state index in [1.54, 1.807) is 12.1 Å². The summed E-state index contributed by atoms with van der Waals surface area (Å²) in [5.41, 5.74) is 1.08. The molecule has 8 heteroatoms. The van der Waals surface area contributed by atoms with E-state index in [0.717, 1.165) is 61.8 Å². The molecular formula is C27H31F3N2O3. The van der Waals surface area contributed by atoms with Gasteiger partial charge in [-0.25, -0.2) is 0 Å². The summed E-state index contributed by atoms with van der Waals surface area (Å²) in [5.74, 6) is 0.383. The van der Waals surface area contributed by atoms with Crippen molar-refractivity contribution in [3.8, 4) is 0 Å². The van der Waals surface area contributed by atoms with Crippen LogP contribution >= 0.6 is 0 Å². The summed E-state index contributed by atoms with van der Waals surface area (Å²) in [5, 5.41) is 3.35. The van der Waals surface area contributed by atoms with Gasteiger partial charge in [-0.1, -0.05) is 42.5 Å². The first kappa shape index (κ1) is 25.2. The second-order valence-electron chi connectivity index (χ2n) is 9.65. The number of hydrogen-bond acceptors (Lipinski definition) is 4. The van der Waals surface area contributed by atoms with Crippen LogP contribution in [0.4, 0.5) is 13.2 Å². The van der Waals surface area contributed by atoms with Crippen LogP contribution in [-0.2, 0) is 32.6 Å². The molecule has 1 amide bonds. The number of piperidine rings is 2. The van der Waals surface area contributed by atoms with Crippen LogP contribution in [0.1, 0.15) is 55.2 Å². The van der Waals surface area contributed by atoms with Gasteiger partial charge in [0.25, 0.3) is 6.47 Å². The van der Waals surface area contributed by atoms with Crippen LogP contribution in [0, 0.1) is 5.92 Å². The van der Waals surface area contributed by atoms with Gasteiger partial charge in [-0.3, -0.25) is 14.5 Å². The van der Waals surface area contributed by atoms with Gasteiger partial charge in [0.15, 0.2) is 0 Å². The first-order valence-electron chi connectivity index (χ1n) is 12.0. The average Bonchev–Trinajstić information content (AvgIpc) is 3.65. The lowest BCUT2D eigenvalue weighted by atomic mass is 9.74. The van der Waals surface area contributed by atoms with Gasteiger partial charge < -0.3 is 10.1 Å². The molecule has 2 bridgehead atoms. The minimum atomic E-state index is -4.33. The zero-order chi connectivity index (χ0) is 25.1. The smallest absolute Gasteiger partial charge is 0.416 e. The maximum absolute atomic E-state index is 13.5. The Hall–Kier alpha value is -2.87. The summed E-state index contributed by atoms with van der Waals surface area (Å²) >= 11 is 0. The number of nitrogens with one attached hydrogen (secondary N) is 1. The van der Waals surface area contributed by atoms with Gasteiger partial charge in [-0.2, -0.15) is 13.2 Å². The molecule has 2 aliphatic carbocycles. The van der Waals surface area contributed by atoms with Gasteiger partial charge in [0, 0.05) is 12.6 Å². The first-order valence-corrected chi connectivity index (χ1v) is 12.0. The first-order chi connectivity index (χ1) is 16.8.